The second-order valence-electron chi connectivity index (χ2n) is 4.85. The molecule has 1 fully saturated rings. The molecule has 0 aromatic heterocycles. The normalized spacial score (nSPS) is 22.9. The van der Waals surface area contributed by atoms with Gasteiger partial charge in [0.2, 0.25) is 5.91 Å². The molecule has 2 atom stereocenters. The highest BCUT2D eigenvalue weighted by Gasteiger charge is 2.35. The zero-order valence-corrected chi connectivity index (χ0v) is 12.5. The Hall–Kier alpha value is -1.43. The Morgan fingerprint density at radius 3 is 2.38 bits per heavy atom. The lowest BCUT2D eigenvalue weighted by molar-refractivity contribution is -0.122. The van der Waals surface area contributed by atoms with E-state index in [2.05, 4.69) is 9.60 Å². The van der Waals surface area contributed by atoms with Gasteiger partial charge in [-0.1, -0.05) is 0 Å². The number of primary amides is 1. The molecule has 0 spiro atoms. The topological polar surface area (TPSA) is 148 Å². The van der Waals surface area contributed by atoms with E-state index in [1.54, 1.807) is 13.8 Å². The number of nitrogens with two attached hydrogens (primary N) is 1. The molecule has 10 nitrogen and oxygen atoms in total. The first kappa shape index (κ1) is 17.6. The highest BCUT2D eigenvalue weighted by atomic mass is 32.3. The summed E-state index contributed by atoms with van der Waals surface area (Å²) in [5, 5.41) is 3.21. The minimum atomic E-state index is -4.88. The Balaban J connectivity index is 2.78. The molecule has 0 radical (unpaired) electrons. The van der Waals surface area contributed by atoms with Gasteiger partial charge >= 0.3 is 16.5 Å². The molecule has 11 heteroatoms. The first-order chi connectivity index (χ1) is 9.60. The third-order valence-electron chi connectivity index (χ3n) is 2.75. The summed E-state index contributed by atoms with van der Waals surface area (Å²) in [7, 11) is -4.88. The summed E-state index contributed by atoms with van der Waals surface area (Å²) in [6.07, 6.45) is -1.00. The van der Waals surface area contributed by atoms with Crippen molar-refractivity contribution in [3.63, 3.8) is 0 Å². The monoisotopic (exact) mass is 325 g/mol. The van der Waals surface area contributed by atoms with E-state index in [0.29, 0.717) is 11.5 Å². The quantitative estimate of drug-likeness (QED) is 0.438. The van der Waals surface area contributed by atoms with Crippen LogP contribution in [-0.4, -0.2) is 54.8 Å². The molecule has 0 saturated carbocycles. The van der Waals surface area contributed by atoms with Crippen molar-refractivity contribution in [2.45, 2.75) is 44.9 Å². The van der Waals surface area contributed by atoms with E-state index >= 15 is 0 Å². The molecule has 4 N–H and O–H groups in total. The molecular weight excluding hydrogens is 306 g/mol. The van der Waals surface area contributed by atoms with E-state index in [4.69, 9.17) is 15.0 Å². The predicted octanol–water partition coefficient (Wildman–Crippen LogP) is -0.826. The van der Waals surface area contributed by atoms with Crippen LogP contribution in [0, 0.1) is 0 Å². The predicted molar refractivity (Wildman–Crippen MR) is 70.1 cm³/mol. The number of hydrogen-bond acceptors (Lipinski definition) is 7. The summed E-state index contributed by atoms with van der Waals surface area (Å²) < 4.78 is 39.5. The molecule has 1 aliphatic rings. The van der Waals surface area contributed by atoms with Crippen molar-refractivity contribution < 1.29 is 31.6 Å². The van der Waals surface area contributed by atoms with Crippen LogP contribution in [0.3, 0.4) is 0 Å². The SMILES string of the molecule is CC(C)OC(=O)N(OS(=O)(=O)O)[C@@H]1CC[C@@H](C(N)=O)NC1. The van der Waals surface area contributed by atoms with Crippen LogP contribution in [0.2, 0.25) is 0 Å². The Kier molecular flexibility index (Phi) is 5.89. The standard InChI is InChI=1S/C10H19N3O7S/c1-6(2)19-10(15)13(20-21(16,17)18)7-3-4-8(9(11)14)12-5-7/h6-8,12H,3-5H2,1-2H3,(H2,11,14)(H,16,17,18)/t7-,8+/m1/s1. The number of hydrogen-bond donors (Lipinski definition) is 3. The zero-order valence-electron chi connectivity index (χ0n) is 11.7. The minimum absolute atomic E-state index is 0.0658. The summed E-state index contributed by atoms with van der Waals surface area (Å²) in [6.45, 7) is 3.22. The van der Waals surface area contributed by atoms with E-state index < -0.39 is 40.6 Å². The van der Waals surface area contributed by atoms with Crippen molar-refractivity contribution in [2.75, 3.05) is 6.54 Å². The fraction of sp³-hybridized carbons (Fsp3) is 0.800. The smallest absolute Gasteiger partial charge is 0.435 e. The molecule has 1 heterocycles. The van der Waals surface area contributed by atoms with Crippen molar-refractivity contribution in [2.24, 2.45) is 5.73 Å². The number of ether oxygens (including phenoxy) is 1. The highest BCUT2D eigenvalue weighted by Crippen LogP contribution is 2.17. The molecule has 1 aliphatic heterocycles. The van der Waals surface area contributed by atoms with Crippen molar-refractivity contribution in [1.29, 1.82) is 0 Å². The molecule has 0 aromatic rings. The number of amides is 2. The maximum Gasteiger partial charge on any atom is 0.435 e. The van der Waals surface area contributed by atoms with Crippen molar-refractivity contribution in [3.05, 3.63) is 0 Å². The van der Waals surface area contributed by atoms with E-state index in [1.807, 2.05) is 0 Å². The van der Waals surface area contributed by atoms with Crippen molar-refractivity contribution >= 4 is 22.4 Å². The summed E-state index contributed by atoms with van der Waals surface area (Å²) in [5.41, 5.74) is 5.14. The number of carbonyl (C=O) groups excluding carboxylic acids is 2. The molecule has 0 unspecified atom stereocenters. The van der Waals surface area contributed by atoms with Gasteiger partial charge in [-0.15, -0.1) is 4.28 Å². The zero-order chi connectivity index (χ0) is 16.2. The van der Waals surface area contributed by atoms with E-state index in [1.165, 1.54) is 0 Å². The molecule has 1 rings (SSSR count). The maximum absolute atomic E-state index is 11.8. The Labute approximate surface area is 122 Å². The molecule has 2 amide bonds. The first-order valence-corrected chi connectivity index (χ1v) is 7.66. The van der Waals surface area contributed by atoms with E-state index in [-0.39, 0.29) is 13.0 Å². The summed E-state index contributed by atoms with van der Waals surface area (Å²) >= 11 is 0. The second-order valence-corrected chi connectivity index (χ2v) is 5.86. The number of carbonyl (C=O) groups is 2. The fourth-order valence-electron chi connectivity index (χ4n) is 1.88. The lowest BCUT2D eigenvalue weighted by Gasteiger charge is -2.33. The molecule has 0 bridgehead atoms. The number of piperidine rings is 1. The van der Waals surface area contributed by atoms with Crippen molar-refractivity contribution in [1.82, 2.24) is 10.4 Å². The van der Waals surface area contributed by atoms with Gasteiger partial charge in [-0.25, -0.2) is 4.79 Å². The Bertz CT molecular complexity index is 485. The van der Waals surface area contributed by atoms with Gasteiger partial charge in [0.05, 0.1) is 18.2 Å². The van der Waals surface area contributed by atoms with Gasteiger partial charge in [-0.2, -0.15) is 13.5 Å². The van der Waals surface area contributed by atoms with Crippen LogP contribution in [0.25, 0.3) is 0 Å². The van der Waals surface area contributed by atoms with Gasteiger partial charge in [0.1, 0.15) is 0 Å². The van der Waals surface area contributed by atoms with Gasteiger partial charge in [0.25, 0.3) is 0 Å². The van der Waals surface area contributed by atoms with E-state index in [0.717, 1.165) is 0 Å². The van der Waals surface area contributed by atoms with E-state index in [9.17, 15) is 18.0 Å². The lowest BCUT2D eigenvalue weighted by atomic mass is 10.0. The fourth-order valence-corrected chi connectivity index (χ4v) is 2.27. The third-order valence-corrected chi connectivity index (χ3v) is 3.10. The molecule has 122 valence electrons. The number of nitrogens with one attached hydrogen (secondary N) is 1. The Morgan fingerprint density at radius 1 is 1.38 bits per heavy atom. The molecular formula is C10H19N3O7S. The number of hydroxylamine groups is 2. The molecule has 0 aliphatic carbocycles. The largest absolute Gasteiger partial charge is 0.445 e. The lowest BCUT2D eigenvalue weighted by Crippen LogP contribution is -2.55. The number of nitrogens with zero attached hydrogens (tertiary/aromatic N) is 1. The van der Waals surface area contributed by atoms with Gasteiger partial charge in [0, 0.05) is 6.54 Å². The maximum atomic E-state index is 11.8. The average Bonchev–Trinajstić information content (AvgIpc) is 2.34. The number of rotatable bonds is 5. The van der Waals surface area contributed by atoms with Gasteiger partial charge in [0.15, 0.2) is 0 Å². The highest BCUT2D eigenvalue weighted by molar-refractivity contribution is 7.80. The third kappa shape index (κ3) is 5.83. The van der Waals surface area contributed by atoms with Gasteiger partial charge in [-0.05, 0) is 26.7 Å². The van der Waals surface area contributed by atoms with Gasteiger partial charge < -0.3 is 15.8 Å². The van der Waals surface area contributed by atoms with Crippen LogP contribution in [-0.2, 0) is 24.2 Å². The molecule has 0 aromatic carbocycles. The van der Waals surface area contributed by atoms with Crippen LogP contribution in [0.4, 0.5) is 4.79 Å². The second kappa shape index (κ2) is 7.02. The van der Waals surface area contributed by atoms with Crippen LogP contribution in [0.15, 0.2) is 0 Å². The summed E-state index contributed by atoms with van der Waals surface area (Å²) in [4.78, 5) is 22.9. The Morgan fingerprint density at radius 2 is 2.00 bits per heavy atom. The van der Waals surface area contributed by atoms with Crippen LogP contribution in [0.5, 0.6) is 0 Å². The first-order valence-electron chi connectivity index (χ1n) is 6.29. The summed E-state index contributed by atoms with van der Waals surface area (Å²) in [5.74, 6) is -0.541. The molecule has 21 heavy (non-hydrogen) atoms. The van der Waals surface area contributed by atoms with Crippen LogP contribution >= 0.6 is 0 Å². The molecule has 1 saturated heterocycles. The minimum Gasteiger partial charge on any atom is -0.445 e. The van der Waals surface area contributed by atoms with Crippen molar-refractivity contribution in [3.8, 4) is 0 Å². The summed E-state index contributed by atoms with van der Waals surface area (Å²) in [6, 6.07) is -1.29. The van der Waals surface area contributed by atoms with Crippen LogP contribution in [0.1, 0.15) is 26.7 Å². The van der Waals surface area contributed by atoms with Crippen LogP contribution < -0.4 is 11.1 Å². The van der Waals surface area contributed by atoms with Gasteiger partial charge in [-0.3, -0.25) is 9.35 Å². The average molecular weight is 325 g/mol.